The molecule has 2 aromatic carbocycles. The van der Waals surface area contributed by atoms with Gasteiger partial charge in [-0.1, -0.05) is 6.07 Å². The maximum absolute atomic E-state index is 12.4. The van der Waals surface area contributed by atoms with Crippen molar-refractivity contribution >= 4 is 21.8 Å². The van der Waals surface area contributed by atoms with Crippen LogP contribution in [0.1, 0.15) is 11.1 Å². The summed E-state index contributed by atoms with van der Waals surface area (Å²) in [5.41, 5.74) is 3.40. The highest BCUT2D eigenvalue weighted by molar-refractivity contribution is 5.82. The van der Waals surface area contributed by atoms with Crippen LogP contribution in [0.5, 0.6) is 11.5 Å². The van der Waals surface area contributed by atoms with E-state index in [9.17, 15) is 5.21 Å². The van der Waals surface area contributed by atoms with Gasteiger partial charge in [-0.2, -0.15) is 4.73 Å². The molecule has 0 fully saturated rings. The molecule has 5 nitrogen and oxygen atoms in total. The lowest BCUT2D eigenvalue weighted by Crippen LogP contribution is -2.27. The van der Waals surface area contributed by atoms with E-state index < -0.39 is 0 Å². The van der Waals surface area contributed by atoms with Crippen molar-refractivity contribution < 1.29 is 14.2 Å². The number of ether oxygens (including phenoxy) is 2. The van der Waals surface area contributed by atoms with Crippen molar-refractivity contribution in [3.8, 4) is 11.5 Å². The van der Waals surface area contributed by atoms with Crippen molar-refractivity contribution in [2.45, 2.75) is 6.42 Å². The molecule has 2 heterocycles. The van der Waals surface area contributed by atoms with Crippen LogP contribution in [0.25, 0.3) is 21.8 Å². The molecule has 5 heteroatoms. The zero-order chi connectivity index (χ0) is 18.1. The highest BCUT2D eigenvalue weighted by Gasteiger charge is 2.12. The quantitative estimate of drug-likeness (QED) is 0.418. The van der Waals surface area contributed by atoms with Crippen molar-refractivity contribution in [2.24, 2.45) is 0 Å². The molecule has 130 valence electrons. The van der Waals surface area contributed by atoms with Crippen molar-refractivity contribution in [3.05, 3.63) is 77.3 Å². The van der Waals surface area contributed by atoms with Crippen LogP contribution in [0.15, 0.2) is 60.9 Å². The average molecular weight is 346 g/mol. The van der Waals surface area contributed by atoms with Gasteiger partial charge in [0.05, 0.1) is 25.1 Å². The van der Waals surface area contributed by atoms with Gasteiger partial charge in [0.15, 0.2) is 6.20 Å². The summed E-state index contributed by atoms with van der Waals surface area (Å²) in [7, 11) is 3.27. The SMILES string of the molecule is COc1ccc2c(cc(Cc3cc4ncccc4cc3OC)c[n+]2[O-])c1. The van der Waals surface area contributed by atoms with Crippen LogP contribution in [0.3, 0.4) is 0 Å². The normalized spacial score (nSPS) is 11.0. The Morgan fingerprint density at radius 3 is 2.69 bits per heavy atom. The Balaban J connectivity index is 1.80. The van der Waals surface area contributed by atoms with E-state index in [0.29, 0.717) is 11.9 Å². The summed E-state index contributed by atoms with van der Waals surface area (Å²) in [4.78, 5) is 4.41. The number of hydrogen-bond acceptors (Lipinski definition) is 4. The third-order valence-electron chi connectivity index (χ3n) is 4.50. The lowest BCUT2D eigenvalue weighted by molar-refractivity contribution is -0.577. The van der Waals surface area contributed by atoms with Gasteiger partial charge in [-0.15, -0.1) is 0 Å². The topological polar surface area (TPSA) is 58.3 Å². The second kappa shape index (κ2) is 6.52. The molecule has 0 aliphatic carbocycles. The monoisotopic (exact) mass is 346 g/mol. The molecule has 4 rings (SSSR count). The minimum atomic E-state index is 0.574. The van der Waals surface area contributed by atoms with Crippen LogP contribution < -0.4 is 14.2 Å². The van der Waals surface area contributed by atoms with Gasteiger partial charge < -0.3 is 14.7 Å². The van der Waals surface area contributed by atoms with Crippen molar-refractivity contribution in [1.82, 2.24) is 4.98 Å². The minimum Gasteiger partial charge on any atom is -0.618 e. The summed E-state index contributed by atoms with van der Waals surface area (Å²) in [6.07, 6.45) is 3.95. The number of rotatable bonds is 4. The number of aromatic nitrogens is 2. The molecule has 0 saturated heterocycles. The summed E-state index contributed by atoms with van der Waals surface area (Å²) < 4.78 is 11.7. The third-order valence-corrected chi connectivity index (χ3v) is 4.50. The molecule has 26 heavy (non-hydrogen) atoms. The molecule has 0 radical (unpaired) electrons. The summed E-state index contributed by atoms with van der Waals surface area (Å²) >= 11 is 0. The van der Waals surface area contributed by atoms with Crippen LogP contribution in [0.2, 0.25) is 0 Å². The summed E-state index contributed by atoms with van der Waals surface area (Å²) in [6.45, 7) is 0. The van der Waals surface area contributed by atoms with Crippen molar-refractivity contribution in [2.75, 3.05) is 14.2 Å². The molecule has 4 aromatic rings. The fraction of sp³-hybridized carbons (Fsp3) is 0.143. The third kappa shape index (κ3) is 2.88. The van der Waals surface area contributed by atoms with Crippen LogP contribution >= 0.6 is 0 Å². The Morgan fingerprint density at radius 1 is 1.00 bits per heavy atom. The summed E-state index contributed by atoms with van der Waals surface area (Å²) in [5, 5.41) is 14.3. The second-order valence-corrected chi connectivity index (χ2v) is 6.14. The predicted molar refractivity (Wildman–Crippen MR) is 101 cm³/mol. The van der Waals surface area contributed by atoms with E-state index >= 15 is 0 Å². The second-order valence-electron chi connectivity index (χ2n) is 6.14. The van der Waals surface area contributed by atoms with E-state index in [1.807, 2.05) is 36.4 Å². The van der Waals surface area contributed by atoms with Crippen molar-refractivity contribution in [1.29, 1.82) is 0 Å². The van der Waals surface area contributed by atoms with Gasteiger partial charge in [-0.05, 0) is 36.4 Å². The van der Waals surface area contributed by atoms with E-state index in [4.69, 9.17) is 9.47 Å². The van der Waals surface area contributed by atoms with Gasteiger partial charge in [0.25, 0.3) is 0 Å². The zero-order valence-electron chi connectivity index (χ0n) is 14.6. The molecule has 0 saturated carbocycles. The molecule has 0 atom stereocenters. The minimum absolute atomic E-state index is 0.574. The van der Waals surface area contributed by atoms with Gasteiger partial charge in [0.2, 0.25) is 5.52 Å². The predicted octanol–water partition coefficient (Wildman–Crippen LogP) is 3.63. The van der Waals surface area contributed by atoms with Gasteiger partial charge in [-0.3, -0.25) is 4.98 Å². The number of hydrogen-bond donors (Lipinski definition) is 0. The van der Waals surface area contributed by atoms with E-state index in [1.54, 1.807) is 38.7 Å². The lowest BCUT2D eigenvalue weighted by Gasteiger charge is -2.11. The first-order chi connectivity index (χ1) is 12.7. The van der Waals surface area contributed by atoms with Crippen LogP contribution in [-0.4, -0.2) is 19.2 Å². The van der Waals surface area contributed by atoms with Gasteiger partial charge in [-0.25, -0.2) is 0 Å². The Bertz CT molecular complexity index is 1110. The zero-order valence-corrected chi connectivity index (χ0v) is 14.6. The largest absolute Gasteiger partial charge is 0.618 e. The molecule has 0 aliphatic rings. The highest BCUT2D eigenvalue weighted by atomic mass is 16.5. The first kappa shape index (κ1) is 16.1. The molecule has 0 N–H and O–H groups in total. The number of nitrogens with zero attached hydrogens (tertiary/aromatic N) is 2. The maximum Gasteiger partial charge on any atom is 0.224 e. The number of fused-ring (bicyclic) bond motifs is 2. The maximum atomic E-state index is 12.4. The van der Waals surface area contributed by atoms with Gasteiger partial charge in [0, 0.05) is 35.2 Å². The Kier molecular flexibility index (Phi) is 4.05. The molecule has 0 amide bonds. The average Bonchev–Trinajstić information content (AvgIpc) is 2.67. The van der Waals surface area contributed by atoms with Gasteiger partial charge in [0.1, 0.15) is 11.5 Å². The molecule has 0 unspecified atom stereocenters. The molecular weight excluding hydrogens is 328 g/mol. The summed E-state index contributed by atoms with van der Waals surface area (Å²) in [6, 6.07) is 15.3. The van der Waals surface area contributed by atoms with Crippen LogP contribution in [0, 0.1) is 5.21 Å². The number of methoxy groups -OCH3 is 2. The molecular formula is C21H18N2O3. The van der Waals surface area contributed by atoms with Gasteiger partial charge >= 0.3 is 0 Å². The molecule has 2 aromatic heterocycles. The first-order valence-corrected chi connectivity index (χ1v) is 8.29. The van der Waals surface area contributed by atoms with Crippen molar-refractivity contribution in [3.63, 3.8) is 0 Å². The number of benzene rings is 2. The highest BCUT2D eigenvalue weighted by Crippen LogP contribution is 2.28. The molecule has 0 aliphatic heterocycles. The Morgan fingerprint density at radius 2 is 1.88 bits per heavy atom. The van der Waals surface area contributed by atoms with E-state index in [2.05, 4.69) is 4.98 Å². The lowest BCUT2D eigenvalue weighted by atomic mass is 10.0. The molecule has 0 bridgehead atoms. The Hall–Kier alpha value is -3.34. The standard InChI is InChI=1S/C21H18N2O3/c1-25-18-5-6-20-16(10-18)8-14(13-23(20)24)9-17-11-19-15(4-3-7-22-19)12-21(17)26-2/h3-8,10-13H,9H2,1-2H3. The van der Waals surface area contributed by atoms with Crippen LogP contribution in [0.4, 0.5) is 0 Å². The summed E-state index contributed by atoms with van der Waals surface area (Å²) in [5.74, 6) is 1.51. The van der Waals surface area contributed by atoms with E-state index in [0.717, 1.165) is 43.6 Å². The number of pyridine rings is 2. The Labute approximate surface area is 151 Å². The van der Waals surface area contributed by atoms with E-state index in [-0.39, 0.29) is 0 Å². The fourth-order valence-corrected chi connectivity index (χ4v) is 3.22. The molecule has 0 spiro atoms. The van der Waals surface area contributed by atoms with E-state index in [1.165, 1.54) is 0 Å². The smallest absolute Gasteiger partial charge is 0.224 e. The first-order valence-electron chi connectivity index (χ1n) is 8.29. The fourth-order valence-electron chi connectivity index (χ4n) is 3.22. The van der Waals surface area contributed by atoms with Crippen LogP contribution in [-0.2, 0) is 6.42 Å².